The van der Waals surface area contributed by atoms with Crippen molar-refractivity contribution in [3.05, 3.63) is 59.9 Å². The zero-order valence-electron chi connectivity index (χ0n) is 17.9. The Kier molecular flexibility index (Phi) is 6.12. The van der Waals surface area contributed by atoms with E-state index in [1.165, 1.54) is 16.6 Å². The summed E-state index contributed by atoms with van der Waals surface area (Å²) in [5.41, 5.74) is 3.28. The fourth-order valence-corrected chi connectivity index (χ4v) is 4.13. The average molecular weight is 407 g/mol. The van der Waals surface area contributed by atoms with E-state index in [1.54, 1.807) is 14.2 Å². The summed E-state index contributed by atoms with van der Waals surface area (Å²) in [7, 11) is 3.53. The summed E-state index contributed by atoms with van der Waals surface area (Å²) >= 11 is 0. The standard InChI is InChI=1S/C24H30N4O2/c1-17-19-8-4-6-10-21(19)30-23(17)15-27-24(25-2)26-14-18-12-13-28(16-18)20-9-5-7-11-22(20)29-3/h4-11,18H,12-16H2,1-3H3,(H2,25,26,27). The second-order valence-corrected chi connectivity index (χ2v) is 7.73. The van der Waals surface area contributed by atoms with E-state index in [4.69, 9.17) is 9.15 Å². The molecule has 1 fully saturated rings. The first-order valence-electron chi connectivity index (χ1n) is 10.5. The van der Waals surface area contributed by atoms with Gasteiger partial charge in [0.2, 0.25) is 0 Å². The van der Waals surface area contributed by atoms with E-state index < -0.39 is 0 Å². The SMILES string of the molecule is CN=C(NCc1oc2ccccc2c1C)NCC1CCN(c2ccccc2OC)C1. The van der Waals surface area contributed by atoms with Gasteiger partial charge in [-0.25, -0.2) is 0 Å². The smallest absolute Gasteiger partial charge is 0.191 e. The van der Waals surface area contributed by atoms with Gasteiger partial charge < -0.3 is 24.7 Å². The van der Waals surface area contributed by atoms with E-state index in [1.807, 2.05) is 30.3 Å². The van der Waals surface area contributed by atoms with Gasteiger partial charge in [0.25, 0.3) is 0 Å². The number of ether oxygens (including phenoxy) is 1. The highest BCUT2D eigenvalue weighted by molar-refractivity contribution is 5.83. The van der Waals surface area contributed by atoms with Gasteiger partial charge in [-0.15, -0.1) is 0 Å². The first-order valence-corrected chi connectivity index (χ1v) is 10.5. The van der Waals surface area contributed by atoms with Crippen LogP contribution in [0.5, 0.6) is 5.75 Å². The van der Waals surface area contributed by atoms with E-state index in [2.05, 4.69) is 45.6 Å². The van der Waals surface area contributed by atoms with Crippen molar-refractivity contribution >= 4 is 22.6 Å². The lowest BCUT2D eigenvalue weighted by Gasteiger charge is -2.21. The lowest BCUT2D eigenvalue weighted by Crippen LogP contribution is -2.40. The van der Waals surface area contributed by atoms with Gasteiger partial charge in [0, 0.05) is 37.6 Å². The first kappa shape index (κ1) is 20.1. The highest BCUT2D eigenvalue weighted by Crippen LogP contribution is 2.31. The van der Waals surface area contributed by atoms with Gasteiger partial charge in [0.15, 0.2) is 5.96 Å². The molecule has 0 spiro atoms. The number of aryl methyl sites for hydroxylation is 1. The second kappa shape index (κ2) is 9.11. The number of anilines is 1. The van der Waals surface area contributed by atoms with Crippen molar-refractivity contribution in [1.82, 2.24) is 10.6 Å². The average Bonchev–Trinajstić information content (AvgIpc) is 3.39. The zero-order valence-corrected chi connectivity index (χ0v) is 17.9. The maximum absolute atomic E-state index is 5.99. The molecule has 6 heteroatoms. The van der Waals surface area contributed by atoms with Gasteiger partial charge in [0.05, 0.1) is 19.3 Å². The third kappa shape index (κ3) is 4.22. The summed E-state index contributed by atoms with van der Waals surface area (Å²) in [4.78, 5) is 6.77. The fraction of sp³-hybridized carbons (Fsp3) is 0.375. The molecule has 158 valence electrons. The van der Waals surface area contributed by atoms with Crippen molar-refractivity contribution in [2.45, 2.75) is 19.9 Å². The van der Waals surface area contributed by atoms with Crippen LogP contribution in [-0.4, -0.2) is 39.8 Å². The van der Waals surface area contributed by atoms with Crippen LogP contribution in [0.2, 0.25) is 0 Å². The number of rotatable bonds is 6. The number of furan rings is 1. The minimum Gasteiger partial charge on any atom is -0.495 e. The van der Waals surface area contributed by atoms with Crippen molar-refractivity contribution in [1.29, 1.82) is 0 Å². The van der Waals surface area contributed by atoms with Crippen LogP contribution in [0.1, 0.15) is 17.7 Å². The van der Waals surface area contributed by atoms with Crippen molar-refractivity contribution < 1.29 is 9.15 Å². The molecule has 0 saturated carbocycles. The normalized spacial score (nSPS) is 16.8. The highest BCUT2D eigenvalue weighted by Gasteiger charge is 2.24. The molecule has 1 aliphatic heterocycles. The van der Waals surface area contributed by atoms with Crippen LogP contribution in [0.3, 0.4) is 0 Å². The monoisotopic (exact) mass is 406 g/mol. The Morgan fingerprint density at radius 1 is 1.17 bits per heavy atom. The number of hydrogen-bond acceptors (Lipinski definition) is 4. The number of hydrogen-bond donors (Lipinski definition) is 2. The molecule has 0 radical (unpaired) electrons. The molecule has 1 aromatic heterocycles. The van der Waals surface area contributed by atoms with Crippen LogP contribution < -0.4 is 20.3 Å². The molecule has 3 aromatic rings. The van der Waals surface area contributed by atoms with Crippen molar-refractivity contribution in [3.8, 4) is 5.75 Å². The van der Waals surface area contributed by atoms with Crippen molar-refractivity contribution in [2.75, 3.05) is 38.7 Å². The Balaban J connectivity index is 1.30. The molecule has 4 rings (SSSR count). The Morgan fingerprint density at radius 2 is 1.97 bits per heavy atom. The maximum Gasteiger partial charge on any atom is 0.191 e. The van der Waals surface area contributed by atoms with E-state index in [0.29, 0.717) is 12.5 Å². The summed E-state index contributed by atoms with van der Waals surface area (Å²) in [6.07, 6.45) is 1.14. The fourth-order valence-electron chi connectivity index (χ4n) is 4.13. The summed E-state index contributed by atoms with van der Waals surface area (Å²) in [5, 5.41) is 8.03. The number of aliphatic imine (C=N–C) groups is 1. The molecule has 2 heterocycles. The van der Waals surface area contributed by atoms with Crippen LogP contribution in [-0.2, 0) is 6.54 Å². The molecule has 30 heavy (non-hydrogen) atoms. The van der Waals surface area contributed by atoms with Crippen LogP contribution in [0.4, 0.5) is 5.69 Å². The van der Waals surface area contributed by atoms with Gasteiger partial charge in [-0.05, 0) is 37.5 Å². The van der Waals surface area contributed by atoms with Crippen LogP contribution in [0.15, 0.2) is 57.9 Å². The molecule has 1 atom stereocenters. The molecule has 1 saturated heterocycles. The number of nitrogens with one attached hydrogen (secondary N) is 2. The first-order chi connectivity index (χ1) is 14.7. The predicted molar refractivity (Wildman–Crippen MR) is 122 cm³/mol. The van der Waals surface area contributed by atoms with Crippen molar-refractivity contribution in [2.24, 2.45) is 10.9 Å². The number of para-hydroxylation sites is 3. The minimum atomic E-state index is 0.557. The molecule has 1 unspecified atom stereocenters. The van der Waals surface area contributed by atoms with E-state index in [0.717, 1.165) is 49.1 Å². The zero-order chi connectivity index (χ0) is 20.9. The molecule has 2 aromatic carbocycles. The quantitative estimate of drug-likeness (QED) is 0.480. The van der Waals surface area contributed by atoms with E-state index in [-0.39, 0.29) is 0 Å². The van der Waals surface area contributed by atoms with Crippen molar-refractivity contribution in [3.63, 3.8) is 0 Å². The van der Waals surface area contributed by atoms with Gasteiger partial charge >= 0.3 is 0 Å². The van der Waals surface area contributed by atoms with E-state index >= 15 is 0 Å². The van der Waals surface area contributed by atoms with Gasteiger partial charge in [-0.3, -0.25) is 4.99 Å². The van der Waals surface area contributed by atoms with Gasteiger partial charge in [-0.2, -0.15) is 0 Å². The summed E-state index contributed by atoms with van der Waals surface area (Å²) in [6, 6.07) is 16.4. The molecule has 2 N–H and O–H groups in total. The van der Waals surface area contributed by atoms with Crippen LogP contribution in [0.25, 0.3) is 11.0 Å². The molecule has 0 amide bonds. The molecule has 1 aliphatic rings. The number of fused-ring (bicyclic) bond motifs is 1. The lowest BCUT2D eigenvalue weighted by molar-refractivity contribution is 0.414. The summed E-state index contributed by atoms with van der Waals surface area (Å²) < 4.78 is 11.5. The van der Waals surface area contributed by atoms with Crippen LogP contribution >= 0.6 is 0 Å². The third-order valence-corrected chi connectivity index (χ3v) is 5.85. The summed E-state index contributed by atoms with van der Waals surface area (Å²) in [5.74, 6) is 3.24. The van der Waals surface area contributed by atoms with Gasteiger partial charge in [0.1, 0.15) is 17.1 Å². The highest BCUT2D eigenvalue weighted by atomic mass is 16.5. The molecule has 6 nitrogen and oxygen atoms in total. The van der Waals surface area contributed by atoms with Crippen LogP contribution in [0, 0.1) is 12.8 Å². The predicted octanol–water partition coefficient (Wildman–Crippen LogP) is 3.94. The van der Waals surface area contributed by atoms with E-state index in [9.17, 15) is 0 Å². The molecular weight excluding hydrogens is 376 g/mol. The Morgan fingerprint density at radius 3 is 2.77 bits per heavy atom. The number of guanidine groups is 1. The number of benzene rings is 2. The minimum absolute atomic E-state index is 0.557. The van der Waals surface area contributed by atoms with Gasteiger partial charge in [-0.1, -0.05) is 30.3 Å². The lowest BCUT2D eigenvalue weighted by atomic mass is 10.1. The number of nitrogens with zero attached hydrogens (tertiary/aromatic N) is 2. The molecule has 0 bridgehead atoms. The maximum atomic E-state index is 5.99. The Bertz CT molecular complexity index is 1030. The largest absolute Gasteiger partial charge is 0.495 e. The summed E-state index contributed by atoms with van der Waals surface area (Å²) in [6.45, 7) is 5.64. The third-order valence-electron chi connectivity index (χ3n) is 5.85. The topological polar surface area (TPSA) is 62.0 Å². The Hall–Kier alpha value is -3.15. The molecule has 0 aliphatic carbocycles. The Labute approximate surface area is 177 Å². The molecular formula is C24H30N4O2. The number of methoxy groups -OCH3 is 1. The second-order valence-electron chi connectivity index (χ2n) is 7.73.